The molecule has 0 aliphatic heterocycles. The van der Waals surface area contributed by atoms with Gasteiger partial charge in [-0.1, -0.05) is 12.8 Å². The molecule has 1 fully saturated rings. The summed E-state index contributed by atoms with van der Waals surface area (Å²) < 4.78 is 0. The largest absolute Gasteiger partial charge is 0.396 e. The predicted octanol–water partition coefficient (Wildman–Crippen LogP) is 1.68. The highest BCUT2D eigenvalue weighted by atomic mass is 16.2. The van der Waals surface area contributed by atoms with Crippen LogP contribution < -0.4 is 5.32 Å². The molecule has 0 spiro atoms. The third kappa shape index (κ3) is 3.11. The van der Waals surface area contributed by atoms with Crippen molar-refractivity contribution >= 4 is 0 Å². The van der Waals surface area contributed by atoms with E-state index >= 15 is 0 Å². The quantitative estimate of drug-likeness (QED) is 0.617. The standard InChI is InChI=1S/C10H21NO/c1-10(6-2-3-7-10)11-8-4-5-9-12/h11-12H,2-9H2,1H3. The number of hydrogen-bond donors (Lipinski definition) is 2. The molecule has 0 unspecified atom stereocenters. The molecule has 2 heteroatoms. The number of hydrogen-bond acceptors (Lipinski definition) is 2. The lowest BCUT2D eigenvalue weighted by atomic mass is 10.0. The number of nitrogens with one attached hydrogen (secondary N) is 1. The smallest absolute Gasteiger partial charge is 0.0431 e. The van der Waals surface area contributed by atoms with E-state index < -0.39 is 0 Å². The molecule has 0 aromatic carbocycles. The summed E-state index contributed by atoms with van der Waals surface area (Å²) in [5.41, 5.74) is 0.412. The van der Waals surface area contributed by atoms with Gasteiger partial charge >= 0.3 is 0 Å². The Kier molecular flexibility index (Phi) is 4.02. The van der Waals surface area contributed by atoms with Crippen LogP contribution in [0.4, 0.5) is 0 Å². The van der Waals surface area contributed by atoms with E-state index in [0.29, 0.717) is 12.1 Å². The molecule has 0 aromatic heterocycles. The highest BCUT2D eigenvalue weighted by Gasteiger charge is 2.26. The van der Waals surface area contributed by atoms with Gasteiger partial charge in [-0.15, -0.1) is 0 Å². The first-order valence-electron chi connectivity index (χ1n) is 5.13. The van der Waals surface area contributed by atoms with Crippen molar-refractivity contribution in [2.75, 3.05) is 13.2 Å². The maximum Gasteiger partial charge on any atom is 0.0431 e. The van der Waals surface area contributed by atoms with E-state index in [0.717, 1.165) is 19.4 Å². The minimum Gasteiger partial charge on any atom is -0.396 e. The Hall–Kier alpha value is -0.0800. The lowest BCUT2D eigenvalue weighted by Crippen LogP contribution is -2.39. The highest BCUT2D eigenvalue weighted by molar-refractivity contribution is 4.87. The van der Waals surface area contributed by atoms with E-state index in [4.69, 9.17) is 5.11 Å². The average Bonchev–Trinajstić information content (AvgIpc) is 2.47. The first-order chi connectivity index (χ1) is 5.77. The Morgan fingerprint density at radius 3 is 2.50 bits per heavy atom. The monoisotopic (exact) mass is 171 g/mol. The summed E-state index contributed by atoms with van der Waals surface area (Å²) >= 11 is 0. The summed E-state index contributed by atoms with van der Waals surface area (Å²) in [5, 5.41) is 12.2. The molecule has 0 heterocycles. The lowest BCUT2D eigenvalue weighted by molar-refractivity contribution is 0.277. The van der Waals surface area contributed by atoms with Crippen LogP contribution in [-0.2, 0) is 0 Å². The second-order valence-electron chi connectivity index (χ2n) is 4.13. The van der Waals surface area contributed by atoms with E-state index in [9.17, 15) is 0 Å². The zero-order valence-corrected chi connectivity index (χ0v) is 8.10. The highest BCUT2D eigenvalue weighted by Crippen LogP contribution is 2.28. The molecule has 1 rings (SSSR count). The molecule has 1 aliphatic rings. The van der Waals surface area contributed by atoms with Crippen LogP contribution in [0.25, 0.3) is 0 Å². The van der Waals surface area contributed by atoms with Crippen molar-refractivity contribution in [1.29, 1.82) is 0 Å². The third-order valence-electron chi connectivity index (χ3n) is 2.84. The normalized spacial score (nSPS) is 21.5. The van der Waals surface area contributed by atoms with E-state index in [1.807, 2.05) is 0 Å². The predicted molar refractivity (Wildman–Crippen MR) is 51.2 cm³/mol. The van der Waals surface area contributed by atoms with Crippen molar-refractivity contribution in [2.24, 2.45) is 0 Å². The first-order valence-corrected chi connectivity index (χ1v) is 5.13. The van der Waals surface area contributed by atoms with Crippen molar-refractivity contribution in [3.05, 3.63) is 0 Å². The van der Waals surface area contributed by atoms with Crippen molar-refractivity contribution in [1.82, 2.24) is 5.32 Å². The molecule has 2 N–H and O–H groups in total. The van der Waals surface area contributed by atoms with Gasteiger partial charge in [0.25, 0.3) is 0 Å². The topological polar surface area (TPSA) is 32.3 Å². The van der Waals surface area contributed by atoms with Gasteiger partial charge in [0.1, 0.15) is 0 Å². The second-order valence-corrected chi connectivity index (χ2v) is 4.13. The molecule has 0 saturated heterocycles. The summed E-state index contributed by atoms with van der Waals surface area (Å²) in [4.78, 5) is 0. The van der Waals surface area contributed by atoms with E-state index in [1.165, 1.54) is 25.7 Å². The van der Waals surface area contributed by atoms with Gasteiger partial charge in [-0.3, -0.25) is 0 Å². The van der Waals surface area contributed by atoms with E-state index in [-0.39, 0.29) is 0 Å². The Morgan fingerprint density at radius 2 is 1.92 bits per heavy atom. The van der Waals surface area contributed by atoms with Gasteiger partial charge in [-0.2, -0.15) is 0 Å². The van der Waals surface area contributed by atoms with Gasteiger partial charge in [-0.05, 0) is 39.2 Å². The summed E-state index contributed by atoms with van der Waals surface area (Å²) in [6.07, 6.45) is 7.44. The first kappa shape index (κ1) is 10.0. The third-order valence-corrected chi connectivity index (χ3v) is 2.84. The van der Waals surface area contributed by atoms with Gasteiger partial charge in [0.15, 0.2) is 0 Å². The number of rotatable bonds is 5. The van der Waals surface area contributed by atoms with Crippen LogP contribution in [0, 0.1) is 0 Å². The number of unbranched alkanes of at least 4 members (excludes halogenated alkanes) is 1. The van der Waals surface area contributed by atoms with Gasteiger partial charge in [0.2, 0.25) is 0 Å². The van der Waals surface area contributed by atoms with E-state index in [2.05, 4.69) is 12.2 Å². The molecule has 0 aromatic rings. The van der Waals surface area contributed by atoms with Crippen molar-refractivity contribution in [3.8, 4) is 0 Å². The molecular weight excluding hydrogens is 150 g/mol. The van der Waals surface area contributed by atoms with Gasteiger partial charge < -0.3 is 10.4 Å². The summed E-state index contributed by atoms with van der Waals surface area (Å²) in [6.45, 7) is 3.72. The molecule has 0 amide bonds. The molecular formula is C10H21NO. The molecule has 1 saturated carbocycles. The SMILES string of the molecule is CC1(NCCCCO)CCCC1. The van der Waals surface area contributed by atoms with Crippen LogP contribution in [0.2, 0.25) is 0 Å². The van der Waals surface area contributed by atoms with Crippen molar-refractivity contribution in [2.45, 2.75) is 51.0 Å². The lowest BCUT2D eigenvalue weighted by Gasteiger charge is -2.25. The zero-order chi connectivity index (χ0) is 8.86. The maximum atomic E-state index is 8.59. The molecule has 0 radical (unpaired) electrons. The summed E-state index contributed by atoms with van der Waals surface area (Å²) in [6, 6.07) is 0. The summed E-state index contributed by atoms with van der Waals surface area (Å²) in [7, 11) is 0. The van der Waals surface area contributed by atoms with Crippen LogP contribution in [-0.4, -0.2) is 23.8 Å². The molecule has 0 atom stereocenters. The Bertz CT molecular complexity index is 119. The van der Waals surface area contributed by atoms with Crippen LogP contribution >= 0.6 is 0 Å². The van der Waals surface area contributed by atoms with Crippen molar-refractivity contribution < 1.29 is 5.11 Å². The Morgan fingerprint density at radius 1 is 1.25 bits per heavy atom. The average molecular weight is 171 g/mol. The van der Waals surface area contributed by atoms with Gasteiger partial charge in [-0.25, -0.2) is 0 Å². The fourth-order valence-corrected chi connectivity index (χ4v) is 1.96. The fourth-order valence-electron chi connectivity index (χ4n) is 1.96. The Balaban J connectivity index is 2.05. The second kappa shape index (κ2) is 4.83. The minimum atomic E-state index is 0.332. The van der Waals surface area contributed by atoms with E-state index in [1.54, 1.807) is 0 Å². The Labute approximate surface area is 75.4 Å². The minimum absolute atomic E-state index is 0.332. The molecule has 1 aliphatic carbocycles. The zero-order valence-electron chi connectivity index (χ0n) is 8.10. The van der Waals surface area contributed by atoms with Gasteiger partial charge in [0, 0.05) is 12.1 Å². The maximum absolute atomic E-state index is 8.59. The molecule has 0 bridgehead atoms. The fraction of sp³-hybridized carbons (Fsp3) is 1.00. The summed E-state index contributed by atoms with van der Waals surface area (Å²) in [5.74, 6) is 0. The van der Waals surface area contributed by atoms with Crippen LogP contribution in [0.5, 0.6) is 0 Å². The van der Waals surface area contributed by atoms with Crippen LogP contribution in [0.1, 0.15) is 45.4 Å². The van der Waals surface area contributed by atoms with Gasteiger partial charge in [0.05, 0.1) is 0 Å². The van der Waals surface area contributed by atoms with Crippen LogP contribution in [0.15, 0.2) is 0 Å². The number of aliphatic hydroxyl groups excluding tert-OH is 1. The molecule has 72 valence electrons. The van der Waals surface area contributed by atoms with Crippen LogP contribution in [0.3, 0.4) is 0 Å². The number of aliphatic hydroxyl groups is 1. The molecule has 12 heavy (non-hydrogen) atoms. The molecule has 2 nitrogen and oxygen atoms in total. The van der Waals surface area contributed by atoms with Crippen molar-refractivity contribution in [3.63, 3.8) is 0 Å².